The van der Waals surface area contributed by atoms with Crippen LogP contribution in [-0.4, -0.2) is 7.85 Å². The summed E-state index contributed by atoms with van der Waals surface area (Å²) in [5.74, 6) is 0. The topological polar surface area (TPSA) is 0 Å². The minimum atomic E-state index is 1.03. The highest BCUT2D eigenvalue weighted by molar-refractivity contribution is 6.14. The minimum absolute atomic E-state index is 1.03. The number of benzene rings is 1. The Morgan fingerprint density at radius 3 is 2.82 bits per heavy atom. The number of allylic oxidation sites excluding steroid dienone is 1. The van der Waals surface area contributed by atoms with Gasteiger partial charge in [-0.1, -0.05) is 48.3 Å². The number of aryl methyl sites for hydroxylation is 1. The number of hydrogen-bond acceptors (Lipinski definition) is 0. The van der Waals surface area contributed by atoms with Gasteiger partial charge in [-0.3, -0.25) is 0 Å². The highest BCUT2D eigenvalue weighted by Gasteiger charge is 1.94. The van der Waals surface area contributed by atoms with Gasteiger partial charge in [0, 0.05) is 0 Å². The molecule has 0 spiro atoms. The molecule has 56 valence electrons. The zero-order valence-corrected chi connectivity index (χ0v) is 7.22. The van der Waals surface area contributed by atoms with Crippen LogP contribution in [0.2, 0.25) is 6.32 Å². The second-order valence-corrected chi connectivity index (χ2v) is 2.83. The van der Waals surface area contributed by atoms with E-state index >= 15 is 0 Å². The molecule has 0 saturated carbocycles. The van der Waals surface area contributed by atoms with Crippen molar-refractivity contribution in [1.29, 1.82) is 0 Å². The Morgan fingerprint density at radius 2 is 2.27 bits per heavy atom. The molecule has 0 amide bonds. The Morgan fingerprint density at radius 1 is 1.55 bits per heavy atom. The van der Waals surface area contributed by atoms with E-state index in [0.29, 0.717) is 0 Å². The molecule has 11 heavy (non-hydrogen) atoms. The molecule has 0 aliphatic rings. The Kier molecular flexibility index (Phi) is 2.53. The lowest BCUT2D eigenvalue weighted by molar-refractivity contribution is 1.44. The van der Waals surface area contributed by atoms with Gasteiger partial charge in [0.05, 0.1) is 0 Å². The van der Waals surface area contributed by atoms with Gasteiger partial charge in [-0.15, -0.1) is 0 Å². The fourth-order valence-electron chi connectivity index (χ4n) is 1.07. The molecule has 0 aliphatic heterocycles. The lowest BCUT2D eigenvalue weighted by atomic mass is 9.92. The molecule has 1 rings (SSSR count). The van der Waals surface area contributed by atoms with Crippen molar-refractivity contribution in [2.24, 2.45) is 0 Å². The third-order valence-corrected chi connectivity index (χ3v) is 1.85. The average molecular weight is 144 g/mol. The molecule has 1 heteroatoms. The van der Waals surface area contributed by atoms with E-state index in [1.165, 1.54) is 16.7 Å². The van der Waals surface area contributed by atoms with Crippen LogP contribution in [0, 0.1) is 6.92 Å². The summed E-state index contributed by atoms with van der Waals surface area (Å²) in [4.78, 5) is 0. The van der Waals surface area contributed by atoms with Crippen molar-refractivity contribution < 1.29 is 0 Å². The highest BCUT2D eigenvalue weighted by Crippen LogP contribution is 2.15. The van der Waals surface area contributed by atoms with Gasteiger partial charge in [0.25, 0.3) is 0 Å². The quantitative estimate of drug-likeness (QED) is 0.557. The second-order valence-electron chi connectivity index (χ2n) is 2.83. The van der Waals surface area contributed by atoms with E-state index in [1.807, 2.05) is 0 Å². The molecule has 0 fully saturated rings. The third kappa shape index (κ3) is 1.97. The van der Waals surface area contributed by atoms with E-state index in [-0.39, 0.29) is 0 Å². The van der Waals surface area contributed by atoms with Crippen LogP contribution in [0.15, 0.2) is 30.8 Å². The molecule has 0 unspecified atom stereocenters. The third-order valence-electron chi connectivity index (χ3n) is 1.85. The van der Waals surface area contributed by atoms with Gasteiger partial charge < -0.3 is 0 Å². The first-order chi connectivity index (χ1) is 5.24. The molecule has 0 saturated heterocycles. The smallest absolute Gasteiger partial charge is 0.0960 e. The zero-order valence-electron chi connectivity index (χ0n) is 7.22. The van der Waals surface area contributed by atoms with E-state index in [2.05, 4.69) is 45.6 Å². The van der Waals surface area contributed by atoms with Gasteiger partial charge in [0.1, 0.15) is 7.85 Å². The molecule has 0 nitrogen and oxygen atoms in total. The molecule has 0 bridgehead atoms. The number of hydrogen-bond donors (Lipinski definition) is 0. The van der Waals surface area contributed by atoms with E-state index in [1.54, 1.807) is 0 Å². The molecule has 1 aromatic rings. The monoisotopic (exact) mass is 144 g/mol. The van der Waals surface area contributed by atoms with Gasteiger partial charge in [0.2, 0.25) is 0 Å². The van der Waals surface area contributed by atoms with Gasteiger partial charge in [-0.2, -0.15) is 0 Å². The molecule has 1 aromatic carbocycles. The molecule has 0 N–H and O–H groups in total. The second kappa shape index (κ2) is 3.43. The van der Waals surface area contributed by atoms with Crippen LogP contribution in [-0.2, 0) is 0 Å². The van der Waals surface area contributed by atoms with Crippen LogP contribution in [0.1, 0.15) is 11.1 Å². The Balaban J connectivity index is 2.96. The van der Waals surface area contributed by atoms with Gasteiger partial charge in [-0.05, 0) is 12.5 Å². The molecular formula is C10H13B. The van der Waals surface area contributed by atoms with E-state index in [0.717, 1.165) is 6.32 Å². The Labute approximate surface area is 69.4 Å². The van der Waals surface area contributed by atoms with Gasteiger partial charge in [-0.25, -0.2) is 0 Å². The molecule has 0 atom stereocenters. The van der Waals surface area contributed by atoms with Gasteiger partial charge >= 0.3 is 0 Å². The molecule has 0 aromatic heterocycles. The largest absolute Gasteiger partial charge is 0.107 e. The standard InChI is InChI=1S/C10H13B/c1-8-4-3-5-10(6-8)9(2)7-11/h3-6H,2,7,11H2,1H3. The summed E-state index contributed by atoms with van der Waals surface area (Å²) in [5, 5.41) is 0. The average Bonchev–Trinajstić information content (AvgIpc) is 2.03. The Hall–Kier alpha value is -0.975. The maximum Gasteiger partial charge on any atom is 0.107 e. The fourth-order valence-corrected chi connectivity index (χ4v) is 1.07. The number of rotatable bonds is 2. The maximum atomic E-state index is 3.98. The van der Waals surface area contributed by atoms with Gasteiger partial charge in [0.15, 0.2) is 0 Å². The molecule has 0 heterocycles. The van der Waals surface area contributed by atoms with Crippen molar-refractivity contribution in [2.75, 3.05) is 0 Å². The summed E-state index contributed by atoms with van der Waals surface area (Å²) < 4.78 is 0. The van der Waals surface area contributed by atoms with E-state index in [4.69, 9.17) is 0 Å². The Bertz CT molecular complexity index is 263. The first-order valence-electron chi connectivity index (χ1n) is 3.99. The van der Waals surface area contributed by atoms with Crippen LogP contribution < -0.4 is 0 Å². The van der Waals surface area contributed by atoms with Crippen LogP contribution in [0.4, 0.5) is 0 Å². The predicted octanol–water partition coefficient (Wildman–Crippen LogP) is 2.06. The van der Waals surface area contributed by atoms with Crippen molar-refractivity contribution in [3.05, 3.63) is 42.0 Å². The summed E-state index contributed by atoms with van der Waals surface area (Å²) in [6.45, 7) is 6.09. The summed E-state index contributed by atoms with van der Waals surface area (Å²) in [6.07, 6.45) is 1.03. The molecule has 0 radical (unpaired) electrons. The SMILES string of the molecule is BCC(=C)c1cccc(C)c1. The van der Waals surface area contributed by atoms with Crippen molar-refractivity contribution in [2.45, 2.75) is 13.2 Å². The van der Waals surface area contributed by atoms with Crippen LogP contribution in [0.5, 0.6) is 0 Å². The normalized spacial score (nSPS) is 9.55. The first kappa shape index (κ1) is 8.12. The summed E-state index contributed by atoms with van der Waals surface area (Å²) >= 11 is 0. The van der Waals surface area contributed by atoms with E-state index < -0.39 is 0 Å². The van der Waals surface area contributed by atoms with Crippen molar-refractivity contribution >= 4 is 13.4 Å². The maximum absolute atomic E-state index is 3.98. The predicted molar refractivity (Wildman–Crippen MR) is 53.6 cm³/mol. The van der Waals surface area contributed by atoms with Crippen LogP contribution in [0.3, 0.4) is 0 Å². The van der Waals surface area contributed by atoms with Crippen molar-refractivity contribution in [3.8, 4) is 0 Å². The van der Waals surface area contributed by atoms with Crippen molar-refractivity contribution in [3.63, 3.8) is 0 Å². The molecule has 0 aliphatic carbocycles. The summed E-state index contributed by atoms with van der Waals surface area (Å²) in [6, 6.07) is 8.46. The lowest BCUT2D eigenvalue weighted by Gasteiger charge is -2.02. The molecular weight excluding hydrogens is 131 g/mol. The highest BCUT2D eigenvalue weighted by atomic mass is 14.0. The minimum Gasteiger partial charge on any atom is -0.0960 e. The van der Waals surface area contributed by atoms with Crippen LogP contribution >= 0.6 is 0 Å². The summed E-state index contributed by atoms with van der Waals surface area (Å²) in [7, 11) is 2.13. The lowest BCUT2D eigenvalue weighted by Crippen LogP contribution is -1.82. The fraction of sp³-hybridized carbons (Fsp3) is 0.200. The van der Waals surface area contributed by atoms with Crippen molar-refractivity contribution in [1.82, 2.24) is 0 Å². The zero-order chi connectivity index (χ0) is 8.27. The first-order valence-corrected chi connectivity index (χ1v) is 3.99. The van der Waals surface area contributed by atoms with Crippen LogP contribution in [0.25, 0.3) is 5.57 Å². The summed E-state index contributed by atoms with van der Waals surface area (Å²) in [5.41, 5.74) is 3.79. The van der Waals surface area contributed by atoms with E-state index in [9.17, 15) is 0 Å².